The summed E-state index contributed by atoms with van der Waals surface area (Å²) in [6.45, 7) is 0. The van der Waals surface area contributed by atoms with Gasteiger partial charge in [-0.15, -0.1) is 0 Å². The number of aromatic nitrogens is 6. The van der Waals surface area contributed by atoms with Crippen LogP contribution in [0.5, 0.6) is 0 Å². The van der Waals surface area contributed by atoms with Crippen molar-refractivity contribution < 1.29 is 0 Å². The molecule has 0 saturated carbocycles. The van der Waals surface area contributed by atoms with Crippen LogP contribution in [0, 0.1) is 0 Å². The highest BCUT2D eigenvalue weighted by atomic mass is 35.5. The van der Waals surface area contributed by atoms with Gasteiger partial charge in [0, 0.05) is 6.20 Å². The molecule has 0 saturated heterocycles. The number of halogens is 1. The van der Waals surface area contributed by atoms with E-state index in [-0.39, 0.29) is 0 Å². The first-order valence-electron chi connectivity index (χ1n) is 5.63. The molecule has 7 heteroatoms. The molecule has 0 atom stereocenters. The second-order valence-corrected chi connectivity index (χ2v) is 4.42. The first-order chi connectivity index (χ1) is 9.31. The Kier molecular flexibility index (Phi) is 2.07. The van der Waals surface area contributed by atoms with Gasteiger partial charge in [0.25, 0.3) is 0 Å². The SMILES string of the molecule is Clc1nc(-c2nc3ccccc3[nH]2)nc2c[nH]nc12. The molecule has 3 aromatic heterocycles. The van der Waals surface area contributed by atoms with E-state index in [1.165, 1.54) is 0 Å². The molecule has 3 heterocycles. The van der Waals surface area contributed by atoms with Crippen LogP contribution in [0.2, 0.25) is 5.15 Å². The van der Waals surface area contributed by atoms with Crippen LogP contribution in [0.1, 0.15) is 0 Å². The van der Waals surface area contributed by atoms with Gasteiger partial charge in [0.05, 0.1) is 11.0 Å². The number of hydrogen-bond acceptors (Lipinski definition) is 4. The van der Waals surface area contributed by atoms with Crippen molar-refractivity contribution in [3.05, 3.63) is 35.6 Å². The molecule has 0 unspecified atom stereocenters. The average Bonchev–Trinajstić information content (AvgIpc) is 3.04. The van der Waals surface area contributed by atoms with Crippen molar-refractivity contribution in [2.75, 3.05) is 0 Å². The van der Waals surface area contributed by atoms with Crippen molar-refractivity contribution in [1.82, 2.24) is 30.1 Å². The first kappa shape index (κ1) is 10.5. The van der Waals surface area contributed by atoms with Gasteiger partial charge in [0.2, 0.25) is 0 Å². The van der Waals surface area contributed by atoms with Gasteiger partial charge in [0.1, 0.15) is 11.0 Å². The first-order valence-corrected chi connectivity index (χ1v) is 6.01. The second kappa shape index (κ2) is 3.76. The van der Waals surface area contributed by atoms with Gasteiger partial charge in [-0.3, -0.25) is 5.10 Å². The highest BCUT2D eigenvalue weighted by Crippen LogP contribution is 2.23. The molecular formula is C12H7ClN6. The molecule has 19 heavy (non-hydrogen) atoms. The van der Waals surface area contributed by atoms with Gasteiger partial charge in [0.15, 0.2) is 16.8 Å². The molecule has 0 aliphatic carbocycles. The van der Waals surface area contributed by atoms with E-state index in [9.17, 15) is 0 Å². The van der Waals surface area contributed by atoms with Gasteiger partial charge < -0.3 is 4.98 Å². The third kappa shape index (κ3) is 1.57. The topological polar surface area (TPSA) is 83.1 Å². The van der Waals surface area contributed by atoms with E-state index >= 15 is 0 Å². The predicted octanol–water partition coefficient (Wildman–Crippen LogP) is 2.55. The molecule has 0 radical (unpaired) electrons. The van der Waals surface area contributed by atoms with Crippen LogP contribution in [0.3, 0.4) is 0 Å². The normalized spacial score (nSPS) is 11.4. The number of hydrogen-bond donors (Lipinski definition) is 2. The van der Waals surface area contributed by atoms with E-state index < -0.39 is 0 Å². The Morgan fingerprint density at radius 3 is 2.79 bits per heavy atom. The molecule has 0 aliphatic rings. The Balaban J connectivity index is 1.97. The number of nitrogens with one attached hydrogen (secondary N) is 2. The summed E-state index contributed by atoms with van der Waals surface area (Å²) >= 11 is 6.08. The molecule has 92 valence electrons. The summed E-state index contributed by atoms with van der Waals surface area (Å²) in [7, 11) is 0. The van der Waals surface area contributed by atoms with Crippen molar-refractivity contribution in [3.63, 3.8) is 0 Å². The second-order valence-electron chi connectivity index (χ2n) is 4.06. The van der Waals surface area contributed by atoms with E-state index in [0.29, 0.717) is 27.8 Å². The van der Waals surface area contributed by atoms with Crippen molar-refractivity contribution in [2.45, 2.75) is 0 Å². The van der Waals surface area contributed by atoms with Crippen molar-refractivity contribution in [1.29, 1.82) is 0 Å². The minimum atomic E-state index is 0.307. The lowest BCUT2D eigenvalue weighted by atomic mass is 10.3. The van der Waals surface area contributed by atoms with Crippen molar-refractivity contribution in [2.24, 2.45) is 0 Å². The zero-order valence-electron chi connectivity index (χ0n) is 9.55. The Morgan fingerprint density at radius 2 is 1.89 bits per heavy atom. The summed E-state index contributed by atoms with van der Waals surface area (Å²) in [5.74, 6) is 1.04. The average molecular weight is 271 g/mol. The summed E-state index contributed by atoms with van der Waals surface area (Å²) in [4.78, 5) is 16.2. The minimum absolute atomic E-state index is 0.307. The molecule has 0 aliphatic heterocycles. The quantitative estimate of drug-likeness (QED) is 0.521. The van der Waals surface area contributed by atoms with Gasteiger partial charge in [-0.2, -0.15) is 5.10 Å². The number of rotatable bonds is 1. The highest BCUT2D eigenvalue weighted by molar-refractivity contribution is 6.33. The summed E-state index contributed by atoms with van der Waals surface area (Å²) in [6.07, 6.45) is 1.68. The number of fused-ring (bicyclic) bond motifs is 2. The molecule has 0 amide bonds. The lowest BCUT2D eigenvalue weighted by Gasteiger charge is -1.96. The molecule has 6 nitrogen and oxygen atoms in total. The largest absolute Gasteiger partial charge is 0.335 e. The van der Waals surface area contributed by atoms with Gasteiger partial charge >= 0.3 is 0 Å². The summed E-state index contributed by atoms with van der Waals surface area (Å²) in [5, 5.41) is 7.01. The number of imidazole rings is 1. The Bertz CT molecular complexity index is 860. The van der Waals surface area contributed by atoms with Gasteiger partial charge in [-0.1, -0.05) is 23.7 Å². The molecular weight excluding hydrogens is 264 g/mol. The zero-order chi connectivity index (χ0) is 12.8. The van der Waals surface area contributed by atoms with Crippen LogP contribution in [0.25, 0.3) is 33.7 Å². The van der Waals surface area contributed by atoms with Crippen LogP contribution in [-0.2, 0) is 0 Å². The Labute approximate surface area is 111 Å². The summed E-state index contributed by atoms with van der Waals surface area (Å²) < 4.78 is 0. The third-order valence-corrected chi connectivity index (χ3v) is 3.11. The molecule has 0 fully saturated rings. The lowest BCUT2D eigenvalue weighted by molar-refractivity contribution is 1.11. The molecule has 2 N–H and O–H groups in total. The maximum Gasteiger partial charge on any atom is 0.197 e. The number of nitrogens with zero attached hydrogens (tertiary/aromatic N) is 4. The highest BCUT2D eigenvalue weighted by Gasteiger charge is 2.12. The maximum atomic E-state index is 6.08. The van der Waals surface area contributed by atoms with Crippen LogP contribution in [0.4, 0.5) is 0 Å². The van der Waals surface area contributed by atoms with E-state index in [1.807, 2.05) is 24.3 Å². The standard InChI is InChI=1S/C12H7ClN6/c13-10-9-8(5-14-19-9)17-12(18-10)11-15-6-3-1-2-4-7(6)16-11/h1-5H,(H,14,19)(H,15,16). The maximum absolute atomic E-state index is 6.08. The van der Waals surface area contributed by atoms with Crippen molar-refractivity contribution in [3.8, 4) is 11.6 Å². The molecule has 1 aromatic carbocycles. The molecule has 4 aromatic rings. The fourth-order valence-corrected chi connectivity index (χ4v) is 2.19. The third-order valence-electron chi connectivity index (χ3n) is 2.85. The van der Waals surface area contributed by atoms with E-state index in [2.05, 4.69) is 30.1 Å². The lowest BCUT2D eigenvalue weighted by Crippen LogP contribution is -1.92. The fraction of sp³-hybridized carbons (Fsp3) is 0. The monoisotopic (exact) mass is 270 g/mol. The van der Waals surface area contributed by atoms with Crippen LogP contribution >= 0.6 is 11.6 Å². The predicted molar refractivity (Wildman–Crippen MR) is 71.8 cm³/mol. The summed E-state index contributed by atoms with van der Waals surface area (Å²) in [6, 6.07) is 7.74. The van der Waals surface area contributed by atoms with E-state index in [4.69, 9.17) is 11.6 Å². The Hall–Kier alpha value is -2.47. The smallest absolute Gasteiger partial charge is 0.197 e. The van der Waals surface area contributed by atoms with E-state index in [1.54, 1.807) is 6.20 Å². The minimum Gasteiger partial charge on any atom is -0.335 e. The van der Waals surface area contributed by atoms with Crippen LogP contribution in [0.15, 0.2) is 30.5 Å². The molecule has 4 rings (SSSR count). The summed E-state index contributed by atoms with van der Waals surface area (Å²) in [5.41, 5.74) is 3.02. The van der Waals surface area contributed by atoms with Crippen LogP contribution < -0.4 is 0 Å². The van der Waals surface area contributed by atoms with Crippen LogP contribution in [-0.4, -0.2) is 30.1 Å². The van der Waals surface area contributed by atoms with E-state index in [0.717, 1.165) is 11.0 Å². The number of aromatic amines is 2. The number of benzene rings is 1. The fourth-order valence-electron chi connectivity index (χ4n) is 1.97. The van der Waals surface area contributed by atoms with Crippen molar-refractivity contribution >= 4 is 33.7 Å². The number of H-pyrrole nitrogens is 2. The Morgan fingerprint density at radius 1 is 1.00 bits per heavy atom. The van der Waals surface area contributed by atoms with Gasteiger partial charge in [-0.25, -0.2) is 15.0 Å². The molecule has 0 bridgehead atoms. The zero-order valence-corrected chi connectivity index (χ0v) is 10.3. The van der Waals surface area contributed by atoms with Gasteiger partial charge in [-0.05, 0) is 12.1 Å². The molecule has 0 spiro atoms. The number of para-hydroxylation sites is 2.